The zero-order valence-corrected chi connectivity index (χ0v) is 14.0. The predicted octanol–water partition coefficient (Wildman–Crippen LogP) is 3.41. The molecular formula is C18H30N2O3. The normalized spacial score (nSPS) is 25.6. The van der Waals surface area contributed by atoms with Gasteiger partial charge in [-0.25, -0.2) is 4.79 Å². The van der Waals surface area contributed by atoms with E-state index < -0.39 is 5.97 Å². The molecule has 0 aromatic carbocycles. The van der Waals surface area contributed by atoms with Crippen LogP contribution in [0.1, 0.15) is 57.8 Å². The zero-order chi connectivity index (χ0) is 16.7. The van der Waals surface area contributed by atoms with Crippen molar-refractivity contribution in [2.24, 2.45) is 11.8 Å². The molecule has 0 unspecified atom stereocenters. The lowest BCUT2D eigenvalue weighted by molar-refractivity contribution is -0.142. The van der Waals surface area contributed by atoms with Gasteiger partial charge in [-0.3, -0.25) is 4.79 Å². The minimum atomic E-state index is -0.708. The summed E-state index contributed by atoms with van der Waals surface area (Å²) in [6.07, 6.45) is 10.9. The van der Waals surface area contributed by atoms with E-state index in [4.69, 9.17) is 5.11 Å². The molecule has 2 aliphatic carbocycles. The standard InChI is InChI=1S/C18H30N2O3/c1-2-12-20(13-14-6-4-3-5-7-14)18(23)19-16-10-8-15(9-11-16)17(21)22/h2,14-16H,1,3-13H2,(H,19,23)(H,21,22). The Balaban J connectivity index is 1.80. The summed E-state index contributed by atoms with van der Waals surface area (Å²) in [6.45, 7) is 5.15. The second-order valence-electron chi connectivity index (χ2n) is 7.03. The van der Waals surface area contributed by atoms with Crippen molar-refractivity contribution in [1.29, 1.82) is 0 Å². The van der Waals surface area contributed by atoms with Crippen molar-refractivity contribution in [3.05, 3.63) is 12.7 Å². The van der Waals surface area contributed by atoms with Crippen LogP contribution >= 0.6 is 0 Å². The Morgan fingerprint density at radius 3 is 2.30 bits per heavy atom. The highest BCUT2D eigenvalue weighted by Crippen LogP contribution is 2.26. The summed E-state index contributed by atoms with van der Waals surface area (Å²) in [5.74, 6) is -0.341. The fraction of sp³-hybridized carbons (Fsp3) is 0.778. The largest absolute Gasteiger partial charge is 0.481 e. The number of nitrogens with zero attached hydrogens (tertiary/aromatic N) is 1. The minimum absolute atomic E-state index is 0.0192. The number of nitrogens with one attached hydrogen (secondary N) is 1. The predicted molar refractivity (Wildman–Crippen MR) is 90.3 cm³/mol. The Morgan fingerprint density at radius 2 is 1.74 bits per heavy atom. The topological polar surface area (TPSA) is 69.6 Å². The van der Waals surface area contributed by atoms with Crippen molar-refractivity contribution in [1.82, 2.24) is 10.2 Å². The molecule has 0 saturated heterocycles. The van der Waals surface area contributed by atoms with Gasteiger partial charge in [0.25, 0.3) is 0 Å². The molecule has 0 radical (unpaired) electrons. The summed E-state index contributed by atoms with van der Waals surface area (Å²) in [6, 6.07) is 0.0889. The number of carbonyl (C=O) groups excluding carboxylic acids is 1. The van der Waals surface area contributed by atoms with Crippen LogP contribution in [0.2, 0.25) is 0 Å². The number of rotatable bonds is 6. The number of hydrogen-bond donors (Lipinski definition) is 2. The first-order valence-electron chi connectivity index (χ1n) is 8.99. The second-order valence-corrected chi connectivity index (χ2v) is 7.03. The third-order valence-electron chi connectivity index (χ3n) is 5.24. The van der Waals surface area contributed by atoms with E-state index >= 15 is 0 Å². The van der Waals surface area contributed by atoms with Crippen LogP contribution in [0.5, 0.6) is 0 Å². The molecular weight excluding hydrogens is 292 g/mol. The molecule has 2 N–H and O–H groups in total. The molecule has 5 nitrogen and oxygen atoms in total. The second kappa shape index (κ2) is 8.94. The highest BCUT2D eigenvalue weighted by Gasteiger charge is 2.28. The van der Waals surface area contributed by atoms with Gasteiger partial charge in [-0.1, -0.05) is 25.3 Å². The van der Waals surface area contributed by atoms with Crippen LogP contribution < -0.4 is 5.32 Å². The Labute approximate surface area is 139 Å². The smallest absolute Gasteiger partial charge is 0.317 e. The third kappa shape index (κ3) is 5.56. The maximum absolute atomic E-state index is 12.5. The zero-order valence-electron chi connectivity index (χ0n) is 14.0. The third-order valence-corrected chi connectivity index (χ3v) is 5.24. The highest BCUT2D eigenvalue weighted by atomic mass is 16.4. The maximum Gasteiger partial charge on any atom is 0.317 e. The van der Waals surface area contributed by atoms with Gasteiger partial charge in [0.05, 0.1) is 5.92 Å². The number of aliphatic carboxylic acids is 1. The van der Waals surface area contributed by atoms with E-state index in [0.29, 0.717) is 25.3 Å². The summed E-state index contributed by atoms with van der Waals surface area (Å²) in [5.41, 5.74) is 0. The van der Waals surface area contributed by atoms with Crippen LogP contribution in [0.25, 0.3) is 0 Å². The van der Waals surface area contributed by atoms with E-state index in [1.807, 2.05) is 4.90 Å². The summed E-state index contributed by atoms with van der Waals surface area (Å²) in [4.78, 5) is 25.4. The number of carboxylic acid groups (broad SMARTS) is 1. The van der Waals surface area contributed by atoms with Crippen LogP contribution in [-0.2, 0) is 4.79 Å². The van der Waals surface area contributed by atoms with Crippen LogP contribution in [0, 0.1) is 11.8 Å². The molecule has 0 atom stereocenters. The van der Waals surface area contributed by atoms with Crippen LogP contribution in [0.15, 0.2) is 12.7 Å². The molecule has 2 aliphatic rings. The molecule has 2 rings (SSSR count). The van der Waals surface area contributed by atoms with Gasteiger partial charge in [0.15, 0.2) is 0 Å². The lowest BCUT2D eigenvalue weighted by atomic mass is 9.86. The van der Waals surface area contributed by atoms with Gasteiger partial charge in [0.2, 0.25) is 0 Å². The Hall–Kier alpha value is -1.52. The first-order chi connectivity index (χ1) is 11.1. The molecule has 2 saturated carbocycles. The number of amides is 2. The minimum Gasteiger partial charge on any atom is -0.481 e. The summed E-state index contributed by atoms with van der Waals surface area (Å²) in [5, 5.41) is 12.1. The number of carboxylic acids is 1. The summed E-state index contributed by atoms with van der Waals surface area (Å²) in [7, 11) is 0. The molecule has 130 valence electrons. The van der Waals surface area contributed by atoms with E-state index in [1.54, 1.807) is 6.08 Å². The van der Waals surface area contributed by atoms with Gasteiger partial charge in [0.1, 0.15) is 0 Å². The van der Waals surface area contributed by atoms with Crippen LogP contribution in [0.4, 0.5) is 4.79 Å². The molecule has 2 fully saturated rings. The van der Waals surface area contributed by atoms with Crippen molar-refractivity contribution in [2.45, 2.75) is 63.8 Å². The van der Waals surface area contributed by atoms with Gasteiger partial charge in [-0.15, -0.1) is 6.58 Å². The highest BCUT2D eigenvalue weighted by molar-refractivity contribution is 5.75. The molecule has 0 aromatic heterocycles. The molecule has 23 heavy (non-hydrogen) atoms. The van der Waals surface area contributed by atoms with Crippen molar-refractivity contribution < 1.29 is 14.7 Å². The van der Waals surface area contributed by atoms with Crippen LogP contribution in [-0.4, -0.2) is 41.1 Å². The van der Waals surface area contributed by atoms with E-state index in [-0.39, 0.29) is 18.0 Å². The van der Waals surface area contributed by atoms with Gasteiger partial charge >= 0.3 is 12.0 Å². The van der Waals surface area contributed by atoms with E-state index in [9.17, 15) is 9.59 Å². The lowest BCUT2D eigenvalue weighted by Crippen LogP contribution is -2.48. The quantitative estimate of drug-likeness (QED) is 0.736. The van der Waals surface area contributed by atoms with E-state index in [0.717, 1.165) is 19.4 Å². The van der Waals surface area contributed by atoms with E-state index in [1.165, 1.54) is 32.1 Å². The Morgan fingerprint density at radius 1 is 1.09 bits per heavy atom. The van der Waals surface area contributed by atoms with Gasteiger partial charge in [0, 0.05) is 19.1 Å². The molecule has 5 heteroatoms. The first kappa shape index (κ1) is 17.8. The molecule has 0 spiro atoms. The molecule has 0 aromatic rings. The average Bonchev–Trinajstić information content (AvgIpc) is 2.56. The van der Waals surface area contributed by atoms with Crippen molar-refractivity contribution in [2.75, 3.05) is 13.1 Å². The molecule has 2 amide bonds. The summed E-state index contributed by atoms with van der Waals surface area (Å²) < 4.78 is 0. The lowest BCUT2D eigenvalue weighted by Gasteiger charge is -2.32. The SMILES string of the molecule is C=CCN(CC1CCCCC1)C(=O)NC1CCC(C(=O)O)CC1. The number of carbonyl (C=O) groups is 2. The first-order valence-corrected chi connectivity index (χ1v) is 8.99. The van der Waals surface area contributed by atoms with Gasteiger partial charge < -0.3 is 15.3 Å². The molecule has 0 bridgehead atoms. The van der Waals surface area contributed by atoms with Crippen molar-refractivity contribution in [3.8, 4) is 0 Å². The number of hydrogen-bond acceptors (Lipinski definition) is 2. The van der Waals surface area contributed by atoms with Gasteiger partial charge in [-0.2, -0.15) is 0 Å². The monoisotopic (exact) mass is 322 g/mol. The fourth-order valence-corrected chi connectivity index (χ4v) is 3.83. The Bertz CT molecular complexity index is 410. The van der Waals surface area contributed by atoms with E-state index in [2.05, 4.69) is 11.9 Å². The fourth-order valence-electron chi connectivity index (χ4n) is 3.83. The molecule has 0 aliphatic heterocycles. The van der Waals surface area contributed by atoms with Crippen molar-refractivity contribution >= 4 is 12.0 Å². The molecule has 0 heterocycles. The van der Waals surface area contributed by atoms with Gasteiger partial charge in [-0.05, 0) is 44.4 Å². The van der Waals surface area contributed by atoms with Crippen molar-refractivity contribution in [3.63, 3.8) is 0 Å². The number of urea groups is 1. The average molecular weight is 322 g/mol. The maximum atomic E-state index is 12.5. The summed E-state index contributed by atoms with van der Waals surface area (Å²) >= 11 is 0. The Kier molecular flexibility index (Phi) is 6.93. The van der Waals surface area contributed by atoms with Crippen LogP contribution in [0.3, 0.4) is 0 Å².